The molecule has 0 spiro atoms. The lowest BCUT2D eigenvalue weighted by molar-refractivity contribution is 0.586. The van der Waals surface area contributed by atoms with Crippen LogP contribution in [0.25, 0.3) is 0 Å². The second-order valence-corrected chi connectivity index (χ2v) is 4.83. The highest BCUT2D eigenvalue weighted by Crippen LogP contribution is 2.23. The fourth-order valence-corrected chi connectivity index (χ4v) is 2.48. The van der Waals surface area contributed by atoms with Gasteiger partial charge in [-0.15, -0.1) is 0 Å². The molecule has 0 aromatic rings. The van der Waals surface area contributed by atoms with Gasteiger partial charge in [-0.05, 0) is 45.1 Å². The number of nitrogens with zero attached hydrogens (tertiary/aromatic N) is 1. The third-order valence-electron chi connectivity index (χ3n) is 3.38. The second kappa shape index (κ2) is 9.21. The highest BCUT2D eigenvalue weighted by molar-refractivity contribution is 5.55. The molecule has 17 heavy (non-hydrogen) atoms. The summed E-state index contributed by atoms with van der Waals surface area (Å²) in [5, 5.41) is 0. The number of allylic oxidation sites excluding steroid dienone is 4. The molecule has 1 rings (SSSR count). The maximum atomic E-state index is 4.59. The number of hydrogen-bond donors (Lipinski definition) is 0. The largest absolute Gasteiger partial charge is 0.266 e. The minimum atomic E-state index is 1.16. The molecule has 0 heterocycles. The Labute approximate surface area is 107 Å². The van der Waals surface area contributed by atoms with Gasteiger partial charge in [0, 0.05) is 11.9 Å². The Morgan fingerprint density at radius 2 is 1.41 bits per heavy atom. The zero-order valence-electron chi connectivity index (χ0n) is 11.5. The Morgan fingerprint density at radius 1 is 0.824 bits per heavy atom. The third kappa shape index (κ3) is 5.86. The van der Waals surface area contributed by atoms with Crippen LogP contribution in [0.5, 0.6) is 0 Å². The molecule has 1 aliphatic carbocycles. The Kier molecular flexibility index (Phi) is 7.70. The summed E-state index contributed by atoms with van der Waals surface area (Å²) in [7, 11) is 0. The second-order valence-electron chi connectivity index (χ2n) is 4.83. The van der Waals surface area contributed by atoms with Crippen LogP contribution < -0.4 is 0 Å². The summed E-state index contributed by atoms with van der Waals surface area (Å²) in [4.78, 5) is 4.59. The fraction of sp³-hybridized carbons (Fsp3) is 0.688. The van der Waals surface area contributed by atoms with Gasteiger partial charge in [-0.25, -0.2) is 0 Å². The number of rotatable bonds is 2. The van der Waals surface area contributed by atoms with Gasteiger partial charge in [0.15, 0.2) is 0 Å². The molecule has 0 aromatic carbocycles. The van der Waals surface area contributed by atoms with Crippen molar-refractivity contribution < 1.29 is 0 Å². The van der Waals surface area contributed by atoms with Crippen molar-refractivity contribution >= 4 is 6.21 Å². The highest BCUT2D eigenvalue weighted by atomic mass is 14.7. The zero-order chi connectivity index (χ0) is 12.3. The van der Waals surface area contributed by atoms with Crippen LogP contribution in [0.3, 0.4) is 0 Å². The zero-order valence-corrected chi connectivity index (χ0v) is 11.5. The molecule has 0 radical (unpaired) electrons. The van der Waals surface area contributed by atoms with Crippen molar-refractivity contribution in [3.8, 4) is 0 Å². The van der Waals surface area contributed by atoms with Gasteiger partial charge >= 0.3 is 0 Å². The molecule has 0 saturated heterocycles. The van der Waals surface area contributed by atoms with E-state index in [1.807, 2.05) is 13.1 Å². The van der Waals surface area contributed by atoms with Crippen molar-refractivity contribution in [2.24, 2.45) is 4.99 Å². The Bertz CT molecular complexity index is 256. The minimum absolute atomic E-state index is 1.16. The molecule has 1 nitrogen and oxygen atoms in total. The molecule has 0 fully saturated rings. The van der Waals surface area contributed by atoms with E-state index in [1.54, 1.807) is 0 Å². The van der Waals surface area contributed by atoms with Crippen molar-refractivity contribution in [1.29, 1.82) is 0 Å². The molecule has 0 aromatic heterocycles. The molecule has 0 amide bonds. The Hall–Kier alpha value is -0.850. The highest BCUT2D eigenvalue weighted by Gasteiger charge is 2.05. The minimum Gasteiger partial charge on any atom is -0.266 e. The maximum Gasteiger partial charge on any atom is 0.0431 e. The van der Waals surface area contributed by atoms with Crippen molar-refractivity contribution in [1.82, 2.24) is 0 Å². The summed E-state index contributed by atoms with van der Waals surface area (Å²) in [5.41, 5.74) is 2.79. The molecule has 0 saturated carbocycles. The van der Waals surface area contributed by atoms with E-state index in [0.717, 1.165) is 6.42 Å². The first-order valence-corrected chi connectivity index (χ1v) is 7.22. The molecule has 0 aliphatic heterocycles. The lowest BCUT2D eigenvalue weighted by Gasteiger charge is -2.08. The van der Waals surface area contributed by atoms with Crippen LogP contribution in [-0.2, 0) is 0 Å². The van der Waals surface area contributed by atoms with Crippen LogP contribution in [-0.4, -0.2) is 6.21 Å². The summed E-state index contributed by atoms with van der Waals surface area (Å²) < 4.78 is 0. The van der Waals surface area contributed by atoms with E-state index in [9.17, 15) is 0 Å². The van der Waals surface area contributed by atoms with E-state index in [2.05, 4.69) is 24.1 Å². The molecular weight excluding hydrogens is 206 g/mol. The lowest BCUT2D eigenvalue weighted by Crippen LogP contribution is -1.90. The molecule has 96 valence electrons. The predicted octanol–water partition coefficient (Wildman–Crippen LogP) is 5.43. The van der Waals surface area contributed by atoms with Crippen LogP contribution in [0.4, 0.5) is 0 Å². The van der Waals surface area contributed by atoms with E-state index >= 15 is 0 Å². The van der Waals surface area contributed by atoms with E-state index in [-0.39, 0.29) is 0 Å². The molecule has 1 aliphatic rings. The van der Waals surface area contributed by atoms with Crippen molar-refractivity contribution in [2.45, 2.75) is 71.6 Å². The molecule has 1 heteroatoms. The maximum absolute atomic E-state index is 4.59. The average Bonchev–Trinajstić information content (AvgIpc) is 2.38. The number of aliphatic imine (C=N–C) groups is 1. The number of hydrogen-bond acceptors (Lipinski definition) is 1. The van der Waals surface area contributed by atoms with Gasteiger partial charge in [0.05, 0.1) is 0 Å². The predicted molar refractivity (Wildman–Crippen MR) is 77.6 cm³/mol. The van der Waals surface area contributed by atoms with Crippen LogP contribution >= 0.6 is 0 Å². The summed E-state index contributed by atoms with van der Waals surface area (Å²) in [5.74, 6) is 0. The van der Waals surface area contributed by atoms with E-state index in [1.165, 1.54) is 62.6 Å². The van der Waals surface area contributed by atoms with Crippen LogP contribution in [0, 0.1) is 0 Å². The normalized spacial score (nSPS) is 25.3. The van der Waals surface area contributed by atoms with E-state index in [4.69, 9.17) is 0 Å². The molecule has 0 unspecified atom stereocenters. The van der Waals surface area contributed by atoms with E-state index in [0.29, 0.717) is 0 Å². The van der Waals surface area contributed by atoms with Crippen molar-refractivity contribution in [3.05, 3.63) is 23.4 Å². The topological polar surface area (TPSA) is 12.4 Å². The smallest absolute Gasteiger partial charge is 0.0431 e. The first kappa shape index (κ1) is 14.2. The third-order valence-corrected chi connectivity index (χ3v) is 3.38. The summed E-state index contributed by atoms with van der Waals surface area (Å²) in [6, 6.07) is 0. The molecule has 0 N–H and O–H groups in total. The standard InChI is InChI=1S/C16H27N/c1-3-12-15-13-10-8-6-5-7-9-11-14-16(15)17-4-2/h3-4,12H,5-11,13-14H2,1-2H3/b12-3-,16-15+,17-4?. The summed E-state index contributed by atoms with van der Waals surface area (Å²) in [6.07, 6.45) is 18.3. The quantitative estimate of drug-likeness (QED) is 0.564. The van der Waals surface area contributed by atoms with Crippen LogP contribution in [0.1, 0.15) is 71.6 Å². The van der Waals surface area contributed by atoms with Crippen LogP contribution in [0.2, 0.25) is 0 Å². The Morgan fingerprint density at radius 3 is 2.00 bits per heavy atom. The van der Waals surface area contributed by atoms with Gasteiger partial charge in [-0.1, -0.05) is 44.3 Å². The van der Waals surface area contributed by atoms with Gasteiger partial charge in [0.2, 0.25) is 0 Å². The summed E-state index contributed by atoms with van der Waals surface area (Å²) in [6.45, 7) is 4.12. The first-order chi connectivity index (χ1) is 8.38. The SMILES string of the molecule is CC=N/C1=C(\C=C/C)CCCCCCCCC1. The van der Waals surface area contributed by atoms with Gasteiger partial charge in [0.1, 0.15) is 0 Å². The molecular formula is C16H27N. The van der Waals surface area contributed by atoms with Crippen molar-refractivity contribution in [3.63, 3.8) is 0 Å². The molecule has 0 bridgehead atoms. The monoisotopic (exact) mass is 233 g/mol. The lowest BCUT2D eigenvalue weighted by atomic mass is 10.0. The van der Waals surface area contributed by atoms with Crippen LogP contribution in [0.15, 0.2) is 28.4 Å². The van der Waals surface area contributed by atoms with Gasteiger partial charge < -0.3 is 0 Å². The molecule has 0 atom stereocenters. The van der Waals surface area contributed by atoms with Gasteiger partial charge in [0.25, 0.3) is 0 Å². The fourth-order valence-electron chi connectivity index (χ4n) is 2.48. The summed E-state index contributed by atoms with van der Waals surface area (Å²) >= 11 is 0. The first-order valence-electron chi connectivity index (χ1n) is 7.22. The average molecular weight is 233 g/mol. The van der Waals surface area contributed by atoms with Gasteiger partial charge in [-0.3, -0.25) is 4.99 Å². The van der Waals surface area contributed by atoms with E-state index < -0.39 is 0 Å². The Balaban J connectivity index is 2.78. The van der Waals surface area contributed by atoms with Gasteiger partial charge in [-0.2, -0.15) is 0 Å². The van der Waals surface area contributed by atoms with Crippen molar-refractivity contribution in [2.75, 3.05) is 0 Å².